The monoisotopic (exact) mass is 743 g/mol. The van der Waals surface area contributed by atoms with Crippen molar-refractivity contribution in [2.75, 3.05) is 5.32 Å². The number of para-hydroxylation sites is 3. The number of hydrogen-bond acceptors (Lipinski definition) is 2. The van der Waals surface area contributed by atoms with Crippen molar-refractivity contribution in [3.8, 4) is 28.1 Å². The first kappa shape index (κ1) is 35.0. The maximum absolute atomic E-state index is 5.25. The summed E-state index contributed by atoms with van der Waals surface area (Å²) in [4.78, 5) is 5.25. The van der Waals surface area contributed by atoms with E-state index >= 15 is 0 Å². The van der Waals surface area contributed by atoms with Crippen molar-refractivity contribution in [3.63, 3.8) is 0 Å². The lowest BCUT2D eigenvalue weighted by Crippen LogP contribution is -2.09. The Morgan fingerprint density at radius 1 is 0.586 bits per heavy atom. The van der Waals surface area contributed by atoms with Crippen LogP contribution in [0.1, 0.15) is 24.1 Å². The second kappa shape index (κ2) is 14.9. The standard InChI is InChI=1S/C55H41N3/c1-37(2)47(39-28-31-44(32-29-39)58-53-24-14-12-22-45(53)46-23-13-15-25-54(46)58)35-52(56-43-20-10-5-11-21-43)42-27-26-40-30-33-50-55(48(40)34-42)49(38-16-6-3-7-17-38)36-51(57-50)41-18-8-4-9-19-41/h3-36,52,56H,1H2,2H3/b47-35+. The van der Waals surface area contributed by atoms with Crippen LogP contribution in [0.3, 0.4) is 0 Å². The third-order valence-electron chi connectivity index (χ3n) is 11.2. The average Bonchev–Trinajstić information content (AvgIpc) is 3.62. The van der Waals surface area contributed by atoms with Crippen LogP contribution in [0, 0.1) is 0 Å². The molecular weight excluding hydrogens is 703 g/mol. The van der Waals surface area contributed by atoms with Crippen molar-refractivity contribution in [2.24, 2.45) is 0 Å². The van der Waals surface area contributed by atoms with E-state index in [0.717, 1.165) is 61.4 Å². The number of nitrogens with one attached hydrogen (secondary N) is 1. The molecule has 0 aliphatic heterocycles. The molecule has 1 atom stereocenters. The van der Waals surface area contributed by atoms with Crippen molar-refractivity contribution < 1.29 is 0 Å². The third kappa shape index (κ3) is 6.43. The van der Waals surface area contributed by atoms with Gasteiger partial charge in [0.1, 0.15) is 0 Å². The van der Waals surface area contributed by atoms with E-state index in [1.807, 2.05) is 6.07 Å². The molecule has 2 aromatic heterocycles. The van der Waals surface area contributed by atoms with Gasteiger partial charge in [-0.3, -0.25) is 0 Å². The molecule has 58 heavy (non-hydrogen) atoms. The second-order valence-corrected chi connectivity index (χ2v) is 15.0. The summed E-state index contributed by atoms with van der Waals surface area (Å²) in [6, 6.07) is 71.1. The first-order chi connectivity index (χ1) is 28.6. The molecule has 0 aliphatic carbocycles. The zero-order valence-corrected chi connectivity index (χ0v) is 32.3. The van der Waals surface area contributed by atoms with Gasteiger partial charge < -0.3 is 9.88 Å². The molecule has 1 N–H and O–H groups in total. The summed E-state index contributed by atoms with van der Waals surface area (Å²) in [5, 5.41) is 9.87. The Bertz CT molecular complexity index is 3090. The smallest absolute Gasteiger partial charge is 0.0722 e. The van der Waals surface area contributed by atoms with Gasteiger partial charge in [-0.25, -0.2) is 4.98 Å². The number of anilines is 1. The van der Waals surface area contributed by atoms with Gasteiger partial charge in [0.25, 0.3) is 0 Å². The van der Waals surface area contributed by atoms with Crippen LogP contribution in [-0.4, -0.2) is 9.55 Å². The zero-order chi connectivity index (χ0) is 39.0. The largest absolute Gasteiger partial charge is 0.375 e. The molecule has 3 heteroatoms. The van der Waals surface area contributed by atoms with Gasteiger partial charge >= 0.3 is 0 Å². The van der Waals surface area contributed by atoms with Gasteiger partial charge in [-0.05, 0) is 106 Å². The lowest BCUT2D eigenvalue weighted by Gasteiger charge is -2.21. The van der Waals surface area contributed by atoms with Crippen LogP contribution in [0.5, 0.6) is 0 Å². The summed E-state index contributed by atoms with van der Waals surface area (Å²) in [7, 11) is 0. The first-order valence-electron chi connectivity index (χ1n) is 19.9. The van der Waals surface area contributed by atoms with Crippen LogP contribution in [0.25, 0.3) is 77.1 Å². The Balaban J connectivity index is 1.12. The van der Waals surface area contributed by atoms with Gasteiger partial charge in [-0.15, -0.1) is 0 Å². The minimum absolute atomic E-state index is 0.164. The fourth-order valence-corrected chi connectivity index (χ4v) is 8.45. The Morgan fingerprint density at radius 3 is 1.83 bits per heavy atom. The summed E-state index contributed by atoms with van der Waals surface area (Å²) in [6.07, 6.45) is 2.33. The molecule has 0 amide bonds. The Hall–Kier alpha value is -7.49. The molecule has 0 fully saturated rings. The van der Waals surface area contributed by atoms with Gasteiger partial charge in [-0.2, -0.15) is 0 Å². The van der Waals surface area contributed by atoms with E-state index in [2.05, 4.69) is 224 Å². The number of allylic oxidation sites excluding steroid dienone is 2. The number of fused-ring (bicyclic) bond motifs is 6. The van der Waals surface area contributed by atoms with Crippen LogP contribution >= 0.6 is 0 Å². The zero-order valence-electron chi connectivity index (χ0n) is 32.3. The van der Waals surface area contributed by atoms with Crippen molar-refractivity contribution in [2.45, 2.75) is 13.0 Å². The summed E-state index contributed by atoms with van der Waals surface area (Å²) in [5.74, 6) is 0. The molecule has 0 saturated heterocycles. The van der Waals surface area contributed by atoms with Crippen molar-refractivity contribution in [1.29, 1.82) is 0 Å². The first-order valence-corrected chi connectivity index (χ1v) is 19.9. The van der Waals surface area contributed by atoms with Crippen LogP contribution < -0.4 is 5.32 Å². The molecule has 1 unspecified atom stereocenters. The van der Waals surface area contributed by atoms with E-state index in [1.165, 1.54) is 38.1 Å². The molecule has 8 aromatic carbocycles. The number of aromatic nitrogens is 2. The van der Waals surface area contributed by atoms with Gasteiger partial charge in [0.15, 0.2) is 0 Å². The molecule has 0 spiro atoms. The van der Waals surface area contributed by atoms with Crippen molar-refractivity contribution >= 4 is 54.7 Å². The molecule has 10 aromatic rings. The van der Waals surface area contributed by atoms with E-state index in [1.54, 1.807) is 0 Å². The minimum Gasteiger partial charge on any atom is -0.375 e. The quantitative estimate of drug-likeness (QED) is 0.118. The van der Waals surface area contributed by atoms with Crippen molar-refractivity contribution in [1.82, 2.24) is 9.55 Å². The fourth-order valence-electron chi connectivity index (χ4n) is 8.45. The molecule has 0 saturated carbocycles. The van der Waals surface area contributed by atoms with E-state index in [4.69, 9.17) is 4.98 Å². The molecule has 0 bridgehead atoms. The highest BCUT2D eigenvalue weighted by atomic mass is 15.0. The van der Waals surface area contributed by atoms with E-state index in [9.17, 15) is 0 Å². The highest BCUT2D eigenvalue weighted by molar-refractivity contribution is 6.14. The minimum atomic E-state index is -0.164. The summed E-state index contributed by atoms with van der Waals surface area (Å²) >= 11 is 0. The topological polar surface area (TPSA) is 29.9 Å². The molecule has 10 rings (SSSR count). The van der Waals surface area contributed by atoms with Crippen LogP contribution in [0.2, 0.25) is 0 Å². The number of hydrogen-bond donors (Lipinski definition) is 1. The van der Waals surface area contributed by atoms with Crippen molar-refractivity contribution in [3.05, 3.63) is 230 Å². The normalized spacial score (nSPS) is 12.3. The van der Waals surface area contributed by atoms with E-state index < -0.39 is 0 Å². The number of benzene rings is 8. The maximum atomic E-state index is 5.25. The van der Waals surface area contributed by atoms with Crippen LogP contribution in [-0.2, 0) is 0 Å². The predicted molar refractivity (Wildman–Crippen MR) is 246 cm³/mol. The number of rotatable bonds is 9. The summed E-state index contributed by atoms with van der Waals surface area (Å²) in [5.41, 5.74) is 14.3. The van der Waals surface area contributed by atoms with Gasteiger partial charge in [-0.1, -0.05) is 158 Å². The Kier molecular flexibility index (Phi) is 8.96. The number of pyridine rings is 1. The van der Waals surface area contributed by atoms with Gasteiger partial charge in [0, 0.05) is 33.1 Å². The van der Waals surface area contributed by atoms with E-state index in [-0.39, 0.29) is 6.04 Å². The maximum Gasteiger partial charge on any atom is 0.0722 e. The SMILES string of the molecule is C=C(C)/C(=C\C(Nc1ccccc1)c1ccc2ccc3nc(-c4ccccc4)cc(-c4ccccc4)c3c2c1)c1ccc(-n2c3ccccc3c3ccccc32)cc1. The highest BCUT2D eigenvalue weighted by Crippen LogP contribution is 2.39. The third-order valence-corrected chi connectivity index (χ3v) is 11.2. The Labute approximate surface area is 338 Å². The summed E-state index contributed by atoms with van der Waals surface area (Å²) in [6.45, 7) is 6.60. The van der Waals surface area contributed by atoms with Gasteiger partial charge in [0.05, 0.1) is 28.3 Å². The van der Waals surface area contributed by atoms with E-state index in [0.29, 0.717) is 0 Å². The van der Waals surface area contributed by atoms with Crippen LogP contribution in [0.4, 0.5) is 5.69 Å². The molecule has 276 valence electrons. The van der Waals surface area contributed by atoms with Crippen LogP contribution in [0.15, 0.2) is 218 Å². The molecule has 2 heterocycles. The summed E-state index contributed by atoms with van der Waals surface area (Å²) < 4.78 is 2.36. The second-order valence-electron chi connectivity index (χ2n) is 15.0. The van der Waals surface area contributed by atoms with Gasteiger partial charge in [0.2, 0.25) is 0 Å². The lowest BCUT2D eigenvalue weighted by molar-refractivity contribution is 0.988. The molecular formula is C55H41N3. The predicted octanol–water partition coefficient (Wildman–Crippen LogP) is 14.6. The molecule has 3 nitrogen and oxygen atoms in total. The number of nitrogens with zero attached hydrogens (tertiary/aromatic N) is 2. The molecule has 0 aliphatic rings. The Morgan fingerprint density at radius 2 is 1.17 bits per heavy atom. The molecule has 0 radical (unpaired) electrons. The fraction of sp³-hybridized carbons (Fsp3) is 0.0364. The highest BCUT2D eigenvalue weighted by Gasteiger charge is 2.18. The lowest BCUT2D eigenvalue weighted by atomic mass is 9.91. The average molecular weight is 744 g/mol.